The van der Waals surface area contributed by atoms with E-state index in [1.165, 1.54) is 17.0 Å². The second-order valence-corrected chi connectivity index (χ2v) is 14.8. The quantitative estimate of drug-likeness (QED) is 0.167. The number of rotatable bonds is 12. The first-order valence-electron chi connectivity index (χ1n) is 15.7. The van der Waals surface area contributed by atoms with Crippen LogP contribution in [-0.4, -0.2) is 43.8 Å². The topological polar surface area (TPSA) is 86.8 Å². The zero-order valence-electron chi connectivity index (χ0n) is 26.5. The molecule has 0 saturated heterocycles. The number of halogens is 2. The van der Waals surface area contributed by atoms with Crippen LogP contribution in [0.5, 0.6) is 0 Å². The average molecular weight is 693 g/mol. The highest BCUT2D eigenvalue weighted by molar-refractivity contribution is 7.92. The smallest absolute Gasteiger partial charge is 0.264 e. The van der Waals surface area contributed by atoms with E-state index in [1.54, 1.807) is 48.5 Å². The lowest BCUT2D eigenvalue weighted by atomic mass is 10.0. The van der Waals surface area contributed by atoms with Crippen molar-refractivity contribution in [2.75, 3.05) is 10.8 Å². The van der Waals surface area contributed by atoms with Gasteiger partial charge in [-0.15, -0.1) is 0 Å². The van der Waals surface area contributed by atoms with E-state index in [4.69, 9.17) is 23.2 Å². The fraction of sp³-hybridized carbons (Fsp3) is 0.297. The van der Waals surface area contributed by atoms with Gasteiger partial charge in [-0.2, -0.15) is 0 Å². The average Bonchev–Trinajstić information content (AvgIpc) is 3.56. The molecule has 4 aromatic carbocycles. The number of hydrogen-bond acceptors (Lipinski definition) is 4. The number of anilines is 1. The van der Waals surface area contributed by atoms with Crippen LogP contribution in [0.2, 0.25) is 10.0 Å². The van der Waals surface area contributed by atoms with Crippen molar-refractivity contribution in [3.63, 3.8) is 0 Å². The summed E-state index contributed by atoms with van der Waals surface area (Å²) in [6.07, 6.45) is 4.03. The van der Waals surface area contributed by atoms with Gasteiger partial charge < -0.3 is 10.2 Å². The van der Waals surface area contributed by atoms with E-state index in [9.17, 15) is 18.0 Å². The van der Waals surface area contributed by atoms with Crippen molar-refractivity contribution in [1.82, 2.24) is 10.2 Å². The molecule has 0 unspecified atom stereocenters. The molecule has 0 radical (unpaired) electrons. The van der Waals surface area contributed by atoms with Crippen molar-refractivity contribution < 1.29 is 18.0 Å². The number of benzene rings is 4. The fourth-order valence-electron chi connectivity index (χ4n) is 5.90. The number of sulfonamides is 1. The highest BCUT2D eigenvalue weighted by atomic mass is 35.5. The molecule has 1 atom stereocenters. The summed E-state index contributed by atoms with van der Waals surface area (Å²) in [5.74, 6) is -0.835. The van der Waals surface area contributed by atoms with Gasteiger partial charge in [0.05, 0.1) is 10.6 Å². The third-order valence-electron chi connectivity index (χ3n) is 8.51. The van der Waals surface area contributed by atoms with Gasteiger partial charge in [-0.3, -0.25) is 13.9 Å². The van der Waals surface area contributed by atoms with Crippen molar-refractivity contribution in [2.24, 2.45) is 0 Å². The molecule has 0 heterocycles. The SMILES string of the molecule is Cc1ccc(S(=O)(=O)N(CC(=O)N(Cc2ccc(Cl)cc2Cl)[C@@H](Cc2ccccc2)C(=O)NC2CCCC2)c2cccc(C)c2)cc1. The van der Waals surface area contributed by atoms with Crippen LogP contribution in [0.4, 0.5) is 5.69 Å². The minimum absolute atomic E-state index is 0.0163. The van der Waals surface area contributed by atoms with Gasteiger partial charge in [-0.25, -0.2) is 8.42 Å². The summed E-state index contributed by atoms with van der Waals surface area (Å²) in [5, 5.41) is 3.96. The Kier molecular flexibility index (Phi) is 11.3. The molecular weight excluding hydrogens is 653 g/mol. The molecule has 246 valence electrons. The van der Waals surface area contributed by atoms with Crippen molar-refractivity contribution in [2.45, 2.75) is 69.5 Å². The summed E-state index contributed by atoms with van der Waals surface area (Å²) in [6.45, 7) is 3.17. The molecule has 7 nitrogen and oxygen atoms in total. The Hall–Kier alpha value is -3.85. The number of aryl methyl sites for hydroxylation is 2. The maximum Gasteiger partial charge on any atom is 0.264 e. The largest absolute Gasteiger partial charge is 0.352 e. The second-order valence-electron chi connectivity index (χ2n) is 12.1. The van der Waals surface area contributed by atoms with E-state index in [0.717, 1.165) is 46.7 Å². The van der Waals surface area contributed by atoms with E-state index < -0.39 is 28.5 Å². The van der Waals surface area contributed by atoms with Crippen LogP contribution < -0.4 is 9.62 Å². The summed E-state index contributed by atoms with van der Waals surface area (Å²) in [4.78, 5) is 30.3. The Morgan fingerprint density at radius 3 is 2.21 bits per heavy atom. The molecule has 1 fully saturated rings. The molecule has 4 aromatic rings. The van der Waals surface area contributed by atoms with Crippen molar-refractivity contribution in [3.05, 3.63) is 129 Å². The minimum atomic E-state index is -4.18. The molecule has 10 heteroatoms. The fourth-order valence-corrected chi connectivity index (χ4v) is 7.78. The first kappa shape index (κ1) is 34.5. The molecule has 0 aliphatic heterocycles. The first-order chi connectivity index (χ1) is 22.5. The molecule has 1 N–H and O–H groups in total. The monoisotopic (exact) mass is 691 g/mol. The van der Waals surface area contributed by atoms with Crippen molar-refractivity contribution in [3.8, 4) is 0 Å². The van der Waals surface area contributed by atoms with Gasteiger partial charge >= 0.3 is 0 Å². The summed E-state index contributed by atoms with van der Waals surface area (Å²) in [7, 11) is -4.18. The lowest BCUT2D eigenvalue weighted by molar-refractivity contribution is -0.140. The van der Waals surface area contributed by atoms with Gasteiger partial charge in [0.25, 0.3) is 10.0 Å². The molecule has 1 saturated carbocycles. The molecule has 1 aliphatic rings. The molecule has 1 aliphatic carbocycles. The number of nitrogens with one attached hydrogen (secondary N) is 1. The molecular formula is C37H39Cl2N3O4S. The van der Waals surface area contributed by atoms with Crippen LogP contribution in [0.25, 0.3) is 0 Å². The maximum absolute atomic E-state index is 14.7. The number of nitrogens with zero attached hydrogens (tertiary/aromatic N) is 2. The van der Waals surface area contributed by atoms with Crippen LogP contribution in [0.15, 0.2) is 102 Å². The van der Waals surface area contributed by atoms with Gasteiger partial charge in [-0.1, -0.05) is 102 Å². The second kappa shape index (κ2) is 15.4. The zero-order valence-corrected chi connectivity index (χ0v) is 28.9. The number of carbonyl (C=O) groups excluding carboxylic acids is 2. The zero-order chi connectivity index (χ0) is 33.6. The maximum atomic E-state index is 14.7. The lowest BCUT2D eigenvalue weighted by Crippen LogP contribution is -2.54. The van der Waals surface area contributed by atoms with Gasteiger partial charge in [0.1, 0.15) is 12.6 Å². The number of amides is 2. The van der Waals surface area contributed by atoms with Crippen LogP contribution in [-0.2, 0) is 32.6 Å². The Morgan fingerprint density at radius 2 is 1.55 bits per heavy atom. The van der Waals surface area contributed by atoms with Crippen molar-refractivity contribution >= 4 is 50.7 Å². The Balaban J connectivity index is 1.58. The van der Waals surface area contributed by atoms with Crippen LogP contribution in [0.3, 0.4) is 0 Å². The summed E-state index contributed by atoms with van der Waals surface area (Å²) in [6, 6.07) is 27.1. The van der Waals surface area contributed by atoms with Crippen molar-refractivity contribution in [1.29, 1.82) is 0 Å². The molecule has 0 bridgehead atoms. The predicted octanol–water partition coefficient (Wildman–Crippen LogP) is 7.50. The normalized spacial score (nSPS) is 14.0. The Labute approximate surface area is 287 Å². The summed E-state index contributed by atoms with van der Waals surface area (Å²) >= 11 is 12.8. The predicted molar refractivity (Wildman–Crippen MR) is 188 cm³/mol. The first-order valence-corrected chi connectivity index (χ1v) is 17.9. The molecule has 0 spiro atoms. The molecule has 0 aromatic heterocycles. The number of carbonyl (C=O) groups is 2. The van der Waals surface area contributed by atoms with Gasteiger partial charge in [0.2, 0.25) is 11.8 Å². The van der Waals surface area contributed by atoms with Gasteiger partial charge in [0.15, 0.2) is 0 Å². The Bertz CT molecular complexity index is 1810. The van der Waals surface area contributed by atoms with E-state index in [0.29, 0.717) is 21.3 Å². The van der Waals surface area contributed by atoms with Gasteiger partial charge in [-0.05, 0) is 79.8 Å². The third-order valence-corrected chi connectivity index (χ3v) is 10.9. The van der Waals surface area contributed by atoms with Gasteiger partial charge in [0, 0.05) is 29.1 Å². The van der Waals surface area contributed by atoms with Crippen LogP contribution in [0, 0.1) is 13.8 Å². The summed E-state index contributed by atoms with van der Waals surface area (Å²) in [5.41, 5.74) is 3.53. The molecule has 5 rings (SSSR count). The highest BCUT2D eigenvalue weighted by Gasteiger charge is 2.36. The van der Waals surface area contributed by atoms with E-state index in [1.807, 2.05) is 50.2 Å². The Morgan fingerprint density at radius 1 is 0.851 bits per heavy atom. The minimum Gasteiger partial charge on any atom is -0.352 e. The van der Waals surface area contributed by atoms with Crippen LogP contribution >= 0.6 is 23.2 Å². The highest BCUT2D eigenvalue weighted by Crippen LogP contribution is 2.28. The summed E-state index contributed by atoms with van der Waals surface area (Å²) < 4.78 is 29.6. The molecule has 2 amide bonds. The van der Waals surface area contributed by atoms with E-state index in [2.05, 4.69) is 5.32 Å². The third kappa shape index (κ3) is 8.74. The van der Waals surface area contributed by atoms with Crippen LogP contribution in [0.1, 0.15) is 47.9 Å². The number of hydrogen-bond donors (Lipinski definition) is 1. The lowest BCUT2D eigenvalue weighted by Gasteiger charge is -2.34. The van der Waals surface area contributed by atoms with E-state index in [-0.39, 0.29) is 29.8 Å². The molecule has 47 heavy (non-hydrogen) atoms. The standard InChI is InChI=1S/C37H39Cl2N3O4S/c1-26-15-19-33(20-16-26)47(45,46)42(32-14-8-9-27(2)21-32)25-36(43)41(24-29-17-18-30(38)23-34(29)39)35(22-28-10-4-3-5-11-28)37(44)40-31-12-6-7-13-31/h3-5,8-11,14-21,23,31,35H,6-7,12-13,22,24-25H2,1-2H3,(H,40,44)/t35-/m0/s1. The van der Waals surface area contributed by atoms with E-state index >= 15 is 0 Å².